The fraction of sp³-hybridized carbons (Fsp3) is 0. The van der Waals surface area contributed by atoms with Crippen molar-refractivity contribution >= 4 is 11.5 Å². The molecule has 0 heterocycles. The van der Waals surface area contributed by atoms with Gasteiger partial charge in [0.05, 0.1) is 0 Å². The summed E-state index contributed by atoms with van der Waals surface area (Å²) in [6.07, 6.45) is 2.21. The van der Waals surface area contributed by atoms with Crippen molar-refractivity contribution in [2.75, 3.05) is 0 Å². The highest BCUT2D eigenvalue weighted by Gasteiger charge is 2.00. The highest BCUT2D eigenvalue weighted by molar-refractivity contribution is 6.47. The van der Waals surface area contributed by atoms with Gasteiger partial charge in [0.15, 0.2) is 0 Å². The number of hydrogen-bond donors (Lipinski definition) is 1. The Hall–Kier alpha value is -1.38. The third-order valence-corrected chi connectivity index (χ3v) is 0.739. The molecule has 0 rings (SSSR count). The molecule has 1 N–H and O–H groups in total. The van der Waals surface area contributed by atoms with Crippen molar-refractivity contribution < 1.29 is 10.0 Å². The van der Waals surface area contributed by atoms with Gasteiger partial charge >= 0.3 is 0 Å². The molecule has 0 radical (unpaired) electrons. The number of hydrogen-bond acceptors (Lipinski definition) is 3. The largest absolute Gasteiger partial charge is 0.410 e. The maximum absolute atomic E-state index is 10.5. The van der Waals surface area contributed by atoms with Crippen molar-refractivity contribution in [1.29, 1.82) is 0 Å². The van der Waals surface area contributed by atoms with Gasteiger partial charge in [-0.1, -0.05) is 18.3 Å². The predicted octanol–water partition coefficient (Wildman–Crippen LogP) is 0.758. The molecule has 3 nitrogen and oxygen atoms in total. The van der Waals surface area contributed by atoms with Crippen LogP contribution in [0.4, 0.5) is 0 Å². The van der Waals surface area contributed by atoms with E-state index in [2.05, 4.69) is 18.3 Å². The minimum absolute atomic E-state index is 0.0926. The van der Waals surface area contributed by atoms with E-state index in [-0.39, 0.29) is 5.71 Å². The van der Waals surface area contributed by atoms with Gasteiger partial charge in [-0.05, 0) is 12.2 Å². The molecule has 0 atom stereocenters. The Labute approximate surface area is 53.0 Å². The fourth-order valence-electron chi connectivity index (χ4n) is 0.295. The van der Waals surface area contributed by atoms with Crippen molar-refractivity contribution in [1.82, 2.24) is 0 Å². The fourth-order valence-corrected chi connectivity index (χ4v) is 0.295. The third-order valence-electron chi connectivity index (χ3n) is 0.739. The van der Waals surface area contributed by atoms with Crippen LogP contribution in [0.25, 0.3) is 0 Å². The summed E-state index contributed by atoms with van der Waals surface area (Å²) in [5.41, 5.74) is -0.0926. The molecule has 0 aromatic heterocycles. The Bertz CT molecular complexity index is 170. The monoisotopic (exact) mass is 125 g/mol. The molecular weight excluding hydrogens is 118 g/mol. The van der Waals surface area contributed by atoms with E-state index in [9.17, 15) is 4.79 Å². The van der Waals surface area contributed by atoms with E-state index in [1.807, 2.05) is 0 Å². The third kappa shape index (κ3) is 1.90. The summed E-state index contributed by atoms with van der Waals surface area (Å²) in [5, 5.41) is 10.7. The van der Waals surface area contributed by atoms with Crippen molar-refractivity contribution in [3.8, 4) is 0 Å². The number of carbonyl (C=O) groups excluding carboxylic acids is 1. The van der Waals surface area contributed by atoms with Crippen molar-refractivity contribution in [2.24, 2.45) is 5.16 Å². The zero-order valence-electron chi connectivity index (χ0n) is 4.87. The quantitative estimate of drug-likeness (QED) is 0.262. The van der Waals surface area contributed by atoms with Crippen LogP contribution < -0.4 is 0 Å². The number of nitrogens with zero attached hydrogens (tertiary/aromatic N) is 1. The van der Waals surface area contributed by atoms with Gasteiger partial charge in [0, 0.05) is 0 Å². The molecule has 9 heavy (non-hydrogen) atoms. The van der Waals surface area contributed by atoms with Gasteiger partial charge in [-0.25, -0.2) is 0 Å². The number of oxime groups is 1. The molecule has 0 amide bonds. The first kappa shape index (κ1) is 7.62. The second-order valence-corrected chi connectivity index (χ2v) is 1.26. The molecule has 0 aromatic rings. The van der Waals surface area contributed by atoms with Gasteiger partial charge in [0.2, 0.25) is 5.78 Å². The van der Waals surface area contributed by atoms with E-state index in [1.165, 1.54) is 0 Å². The van der Waals surface area contributed by atoms with E-state index in [0.29, 0.717) is 0 Å². The Morgan fingerprint density at radius 1 is 1.44 bits per heavy atom. The van der Waals surface area contributed by atoms with Gasteiger partial charge in [-0.15, -0.1) is 0 Å². The second kappa shape index (κ2) is 3.60. The summed E-state index contributed by atoms with van der Waals surface area (Å²) in [5.74, 6) is -0.437. The number of rotatable bonds is 3. The molecule has 0 saturated heterocycles. The molecule has 0 spiro atoms. The standard InChI is InChI=1S/C6H7NO2/c1-3-5(7-9)6(8)4-2/h3-4,9H,1-2H2. The molecular formula is C6H7NO2. The van der Waals surface area contributed by atoms with E-state index < -0.39 is 5.78 Å². The summed E-state index contributed by atoms with van der Waals surface area (Å²) >= 11 is 0. The average Bonchev–Trinajstić information content (AvgIpc) is 1.90. The van der Waals surface area contributed by atoms with Gasteiger partial charge in [-0.2, -0.15) is 0 Å². The Morgan fingerprint density at radius 3 is 2.11 bits per heavy atom. The Morgan fingerprint density at radius 2 is 2.00 bits per heavy atom. The molecule has 0 fully saturated rings. The zero-order chi connectivity index (χ0) is 7.28. The molecule has 0 saturated carbocycles. The number of carbonyl (C=O) groups is 1. The highest BCUT2D eigenvalue weighted by Crippen LogP contribution is 1.81. The topological polar surface area (TPSA) is 49.7 Å². The zero-order valence-corrected chi connectivity index (χ0v) is 4.87. The van der Waals surface area contributed by atoms with Gasteiger partial charge in [0.25, 0.3) is 0 Å². The summed E-state index contributed by atoms with van der Waals surface area (Å²) in [6, 6.07) is 0. The minimum atomic E-state index is -0.437. The molecule has 3 heteroatoms. The lowest BCUT2D eigenvalue weighted by atomic mass is 10.2. The van der Waals surface area contributed by atoms with Crippen LogP contribution in [0.3, 0.4) is 0 Å². The van der Waals surface area contributed by atoms with E-state index in [4.69, 9.17) is 5.21 Å². The molecule has 0 aliphatic rings. The first-order valence-corrected chi connectivity index (χ1v) is 2.27. The van der Waals surface area contributed by atoms with Crippen molar-refractivity contribution in [3.63, 3.8) is 0 Å². The SMILES string of the molecule is C=CC(=O)C(C=C)=NO. The lowest BCUT2D eigenvalue weighted by Gasteiger charge is -1.86. The van der Waals surface area contributed by atoms with Crippen LogP contribution in [-0.2, 0) is 4.79 Å². The normalized spacial score (nSPS) is 10.4. The molecule has 0 aliphatic carbocycles. The molecule has 0 unspecified atom stereocenters. The van der Waals surface area contributed by atoms with E-state index >= 15 is 0 Å². The van der Waals surface area contributed by atoms with Crippen LogP contribution in [0, 0.1) is 0 Å². The summed E-state index contributed by atoms with van der Waals surface area (Å²) in [6.45, 7) is 6.43. The van der Waals surface area contributed by atoms with E-state index in [1.54, 1.807) is 0 Å². The lowest BCUT2D eigenvalue weighted by Crippen LogP contribution is -2.06. The van der Waals surface area contributed by atoms with Crippen LogP contribution in [0.15, 0.2) is 30.5 Å². The van der Waals surface area contributed by atoms with Crippen LogP contribution in [0.1, 0.15) is 0 Å². The second-order valence-electron chi connectivity index (χ2n) is 1.26. The van der Waals surface area contributed by atoms with Crippen molar-refractivity contribution in [2.45, 2.75) is 0 Å². The van der Waals surface area contributed by atoms with Crippen LogP contribution in [0.5, 0.6) is 0 Å². The van der Waals surface area contributed by atoms with Crippen LogP contribution >= 0.6 is 0 Å². The highest BCUT2D eigenvalue weighted by atomic mass is 16.4. The van der Waals surface area contributed by atoms with Crippen molar-refractivity contribution in [3.05, 3.63) is 25.3 Å². The molecule has 0 aromatic carbocycles. The maximum Gasteiger partial charge on any atom is 0.206 e. The van der Waals surface area contributed by atoms with Crippen LogP contribution in [0.2, 0.25) is 0 Å². The first-order chi connectivity index (χ1) is 4.26. The van der Waals surface area contributed by atoms with E-state index in [0.717, 1.165) is 12.2 Å². The average molecular weight is 125 g/mol. The van der Waals surface area contributed by atoms with Gasteiger partial charge in [-0.3, -0.25) is 4.79 Å². The summed E-state index contributed by atoms with van der Waals surface area (Å²) in [7, 11) is 0. The number of ketones is 1. The molecule has 0 aliphatic heterocycles. The summed E-state index contributed by atoms with van der Waals surface area (Å²) in [4.78, 5) is 10.5. The van der Waals surface area contributed by atoms with Gasteiger partial charge < -0.3 is 5.21 Å². The Balaban J connectivity index is 4.31. The minimum Gasteiger partial charge on any atom is -0.410 e. The lowest BCUT2D eigenvalue weighted by molar-refractivity contribution is -0.108. The summed E-state index contributed by atoms with van der Waals surface area (Å²) < 4.78 is 0. The first-order valence-electron chi connectivity index (χ1n) is 2.27. The van der Waals surface area contributed by atoms with Gasteiger partial charge in [0.1, 0.15) is 5.71 Å². The molecule has 0 bridgehead atoms. The molecule has 48 valence electrons. The smallest absolute Gasteiger partial charge is 0.206 e. The van der Waals surface area contributed by atoms with Crippen LogP contribution in [-0.4, -0.2) is 16.7 Å². The predicted molar refractivity (Wildman–Crippen MR) is 34.6 cm³/mol. The maximum atomic E-state index is 10.5. The number of allylic oxidation sites excluding steroid dienone is 2. The Kier molecular flexibility index (Phi) is 3.05.